The Hall–Kier alpha value is -2.41. The zero-order valence-corrected chi connectivity index (χ0v) is 14.3. The molecule has 0 saturated heterocycles. The third kappa shape index (κ3) is 3.05. The van der Waals surface area contributed by atoms with Crippen molar-refractivity contribution in [2.24, 2.45) is 7.05 Å². The van der Waals surface area contributed by atoms with Crippen LogP contribution < -0.4 is 4.72 Å². The molecule has 23 heavy (non-hydrogen) atoms. The summed E-state index contributed by atoms with van der Waals surface area (Å²) in [6.45, 7) is 3.91. The fraction of sp³-hybridized carbons (Fsp3) is 0.250. The molecule has 0 aliphatic rings. The molecule has 0 aliphatic heterocycles. The van der Waals surface area contributed by atoms with E-state index in [9.17, 15) is 8.42 Å². The normalized spacial score (nSPS) is 11.8. The van der Waals surface area contributed by atoms with E-state index in [1.807, 2.05) is 43.8 Å². The minimum absolute atomic E-state index is 0.548. The molecule has 0 amide bonds. The van der Waals surface area contributed by atoms with Gasteiger partial charge in [-0.2, -0.15) is 0 Å². The van der Waals surface area contributed by atoms with Crippen LogP contribution in [0.2, 0.25) is 0 Å². The van der Waals surface area contributed by atoms with Crippen LogP contribution in [0.3, 0.4) is 0 Å². The lowest BCUT2D eigenvalue weighted by Gasteiger charge is -2.12. The maximum atomic E-state index is 11.4. The number of rotatable bonds is 3. The number of nitrogens with zero attached hydrogens (tertiary/aromatic N) is 3. The zero-order valence-electron chi connectivity index (χ0n) is 13.5. The molecule has 3 rings (SSSR count). The van der Waals surface area contributed by atoms with Crippen LogP contribution in [0.1, 0.15) is 11.1 Å². The van der Waals surface area contributed by atoms with Crippen LogP contribution in [0, 0.1) is 13.8 Å². The number of nitrogens with one attached hydrogen (secondary N) is 1. The molecule has 6 nitrogen and oxygen atoms in total. The number of aromatic nitrogens is 3. The fourth-order valence-electron chi connectivity index (χ4n) is 2.66. The smallest absolute Gasteiger partial charge is 0.229 e. The highest BCUT2D eigenvalue weighted by atomic mass is 32.2. The van der Waals surface area contributed by atoms with Crippen molar-refractivity contribution >= 4 is 26.6 Å². The molecule has 120 valence electrons. The van der Waals surface area contributed by atoms with E-state index in [0.717, 1.165) is 39.8 Å². The van der Waals surface area contributed by atoms with Gasteiger partial charge >= 0.3 is 0 Å². The number of anilines is 1. The van der Waals surface area contributed by atoms with Gasteiger partial charge < -0.3 is 4.57 Å². The second kappa shape index (κ2) is 5.34. The molecular weight excluding hydrogens is 312 g/mol. The molecule has 0 atom stereocenters. The Balaban J connectivity index is 2.21. The molecule has 0 spiro atoms. The van der Waals surface area contributed by atoms with Crippen LogP contribution in [-0.2, 0) is 17.1 Å². The summed E-state index contributed by atoms with van der Waals surface area (Å²) in [6, 6.07) is 5.57. The highest BCUT2D eigenvalue weighted by molar-refractivity contribution is 7.92. The van der Waals surface area contributed by atoms with Gasteiger partial charge in [-0.3, -0.25) is 4.72 Å². The topological polar surface area (TPSA) is 76.9 Å². The van der Waals surface area contributed by atoms with E-state index in [0.29, 0.717) is 5.69 Å². The summed E-state index contributed by atoms with van der Waals surface area (Å²) in [4.78, 5) is 9.05. The number of sulfonamides is 1. The van der Waals surface area contributed by atoms with Gasteiger partial charge in [0.05, 0.1) is 11.8 Å². The molecule has 1 aromatic carbocycles. The monoisotopic (exact) mass is 330 g/mol. The second-order valence-corrected chi connectivity index (χ2v) is 7.50. The van der Waals surface area contributed by atoms with Gasteiger partial charge in [0.2, 0.25) is 10.0 Å². The quantitative estimate of drug-likeness (QED) is 0.801. The largest absolute Gasteiger partial charge is 0.333 e. The average molecular weight is 330 g/mol. The summed E-state index contributed by atoms with van der Waals surface area (Å²) in [7, 11) is -1.38. The maximum Gasteiger partial charge on any atom is 0.229 e. The number of benzene rings is 1. The minimum Gasteiger partial charge on any atom is -0.333 e. The van der Waals surface area contributed by atoms with Gasteiger partial charge in [-0.1, -0.05) is 0 Å². The van der Waals surface area contributed by atoms with Crippen LogP contribution >= 0.6 is 0 Å². The number of aryl methyl sites for hydroxylation is 3. The Morgan fingerprint density at radius 3 is 2.48 bits per heavy atom. The van der Waals surface area contributed by atoms with E-state index in [4.69, 9.17) is 4.98 Å². The molecule has 0 saturated carbocycles. The van der Waals surface area contributed by atoms with Crippen LogP contribution in [0.4, 0.5) is 5.69 Å². The number of pyridine rings is 1. The molecule has 0 bridgehead atoms. The Bertz CT molecular complexity index is 1010. The molecular formula is C16H18N4O2S. The average Bonchev–Trinajstić information content (AvgIpc) is 2.84. The van der Waals surface area contributed by atoms with Gasteiger partial charge in [0.15, 0.2) is 5.82 Å². The van der Waals surface area contributed by atoms with E-state index in [1.165, 1.54) is 0 Å². The van der Waals surface area contributed by atoms with E-state index in [1.54, 1.807) is 12.3 Å². The minimum atomic E-state index is -3.31. The van der Waals surface area contributed by atoms with Crippen molar-refractivity contribution in [3.05, 3.63) is 41.7 Å². The van der Waals surface area contributed by atoms with Gasteiger partial charge in [0.25, 0.3) is 0 Å². The molecule has 0 fully saturated rings. The molecule has 1 N–H and O–H groups in total. The first-order valence-corrected chi connectivity index (χ1v) is 9.01. The maximum absolute atomic E-state index is 11.4. The number of imidazole rings is 1. The zero-order chi connectivity index (χ0) is 16.8. The first-order valence-electron chi connectivity index (χ1n) is 7.12. The lowest BCUT2D eigenvalue weighted by Crippen LogP contribution is -2.09. The Kier molecular flexibility index (Phi) is 3.60. The van der Waals surface area contributed by atoms with E-state index < -0.39 is 10.0 Å². The molecule has 2 heterocycles. The SMILES string of the molecule is Cc1cc(-c2nccn2C)nc2c(C)cc(NS(C)(=O)=O)cc12. The lowest BCUT2D eigenvalue weighted by molar-refractivity contribution is 0.607. The standard InChI is InChI=1S/C16H18N4O2S/c1-10-8-14(16-17-5-6-20(16)3)18-15-11(2)7-12(9-13(10)15)19-23(4,21)22/h5-9,19H,1-4H3. The van der Waals surface area contributed by atoms with Crippen LogP contribution in [0.15, 0.2) is 30.6 Å². The van der Waals surface area contributed by atoms with Crippen LogP contribution in [0.25, 0.3) is 22.4 Å². The molecule has 0 unspecified atom stereocenters. The summed E-state index contributed by atoms with van der Waals surface area (Å²) in [6.07, 6.45) is 4.76. The first kappa shape index (κ1) is 15.5. The Morgan fingerprint density at radius 1 is 1.13 bits per heavy atom. The third-order valence-corrected chi connectivity index (χ3v) is 4.27. The van der Waals surface area contributed by atoms with Crippen molar-refractivity contribution in [3.63, 3.8) is 0 Å². The van der Waals surface area contributed by atoms with Crippen molar-refractivity contribution in [3.8, 4) is 11.5 Å². The number of hydrogen-bond acceptors (Lipinski definition) is 4. The van der Waals surface area contributed by atoms with Crippen molar-refractivity contribution in [1.82, 2.24) is 14.5 Å². The van der Waals surface area contributed by atoms with Crippen molar-refractivity contribution in [2.75, 3.05) is 11.0 Å². The predicted octanol–water partition coefficient (Wildman–Crippen LogP) is 2.62. The second-order valence-electron chi connectivity index (χ2n) is 5.75. The summed E-state index contributed by atoms with van der Waals surface area (Å²) in [5.41, 5.74) is 4.13. The van der Waals surface area contributed by atoms with E-state index >= 15 is 0 Å². The van der Waals surface area contributed by atoms with Crippen molar-refractivity contribution < 1.29 is 8.42 Å². The lowest BCUT2D eigenvalue weighted by atomic mass is 10.0. The molecule has 2 aromatic heterocycles. The Labute approximate surface area is 135 Å². The summed E-state index contributed by atoms with van der Waals surface area (Å²) >= 11 is 0. The highest BCUT2D eigenvalue weighted by Crippen LogP contribution is 2.28. The van der Waals surface area contributed by atoms with Gasteiger partial charge in [-0.15, -0.1) is 0 Å². The van der Waals surface area contributed by atoms with Gasteiger partial charge in [-0.25, -0.2) is 18.4 Å². The summed E-state index contributed by atoms with van der Waals surface area (Å²) < 4.78 is 27.3. The number of fused-ring (bicyclic) bond motifs is 1. The highest BCUT2D eigenvalue weighted by Gasteiger charge is 2.12. The summed E-state index contributed by atoms with van der Waals surface area (Å²) in [5.74, 6) is 0.799. The van der Waals surface area contributed by atoms with Crippen LogP contribution in [0.5, 0.6) is 0 Å². The van der Waals surface area contributed by atoms with Crippen LogP contribution in [-0.4, -0.2) is 29.2 Å². The fourth-order valence-corrected chi connectivity index (χ4v) is 3.21. The Morgan fingerprint density at radius 2 is 1.87 bits per heavy atom. The first-order chi connectivity index (χ1) is 10.7. The summed E-state index contributed by atoms with van der Waals surface area (Å²) in [5, 5.41) is 0.925. The third-order valence-electron chi connectivity index (χ3n) is 3.66. The molecule has 0 aliphatic carbocycles. The van der Waals surface area contributed by atoms with Gasteiger partial charge in [-0.05, 0) is 43.2 Å². The van der Waals surface area contributed by atoms with Crippen molar-refractivity contribution in [2.45, 2.75) is 13.8 Å². The molecule has 3 aromatic rings. The van der Waals surface area contributed by atoms with E-state index in [2.05, 4.69) is 9.71 Å². The van der Waals surface area contributed by atoms with Crippen molar-refractivity contribution in [1.29, 1.82) is 0 Å². The van der Waals surface area contributed by atoms with Gasteiger partial charge in [0.1, 0.15) is 5.69 Å². The predicted molar refractivity (Wildman–Crippen MR) is 91.9 cm³/mol. The van der Waals surface area contributed by atoms with E-state index in [-0.39, 0.29) is 0 Å². The molecule has 0 radical (unpaired) electrons. The molecule has 7 heteroatoms. The number of hydrogen-bond donors (Lipinski definition) is 1. The van der Waals surface area contributed by atoms with Gasteiger partial charge in [0, 0.05) is 30.5 Å².